The Balaban J connectivity index is 1.90. The summed E-state index contributed by atoms with van der Waals surface area (Å²) in [6.45, 7) is 11.7. The van der Waals surface area contributed by atoms with Crippen LogP contribution in [0.25, 0.3) is 0 Å². The molecule has 1 aromatic carbocycles. The fourth-order valence-electron chi connectivity index (χ4n) is 3.91. The number of likely N-dealkylation sites (tertiary alicyclic amines) is 1. The SMILES string of the molecule is CC1C2CNCC2CN1C(=O)c1ccccc1C(C)(C)C. The highest BCUT2D eigenvalue weighted by Crippen LogP contribution is 2.35. The molecule has 1 aromatic rings. The van der Waals surface area contributed by atoms with Crippen molar-refractivity contribution in [3.8, 4) is 0 Å². The summed E-state index contributed by atoms with van der Waals surface area (Å²) in [6, 6.07) is 8.43. The van der Waals surface area contributed by atoms with Crippen molar-refractivity contribution in [2.24, 2.45) is 11.8 Å². The number of hydrogen-bond donors (Lipinski definition) is 1. The van der Waals surface area contributed by atoms with Crippen LogP contribution in [0.2, 0.25) is 0 Å². The molecule has 3 atom stereocenters. The second kappa shape index (κ2) is 5.13. The fraction of sp³-hybridized carbons (Fsp3) is 0.611. The van der Waals surface area contributed by atoms with E-state index in [2.05, 4.69) is 44.0 Å². The average Bonchev–Trinajstić information content (AvgIpc) is 3.01. The molecule has 2 aliphatic rings. The minimum Gasteiger partial charge on any atom is -0.335 e. The number of carbonyl (C=O) groups excluding carboxylic acids is 1. The molecule has 1 amide bonds. The third-order valence-corrected chi connectivity index (χ3v) is 5.16. The lowest BCUT2D eigenvalue weighted by molar-refractivity contribution is 0.0726. The first kappa shape index (κ1) is 14.6. The van der Waals surface area contributed by atoms with Crippen LogP contribution in [0.3, 0.4) is 0 Å². The molecule has 2 heterocycles. The van der Waals surface area contributed by atoms with Gasteiger partial charge in [-0.1, -0.05) is 39.0 Å². The highest BCUT2D eigenvalue weighted by Gasteiger charge is 2.44. The minimum absolute atomic E-state index is 0.00730. The third-order valence-electron chi connectivity index (χ3n) is 5.16. The van der Waals surface area contributed by atoms with Gasteiger partial charge in [0.05, 0.1) is 0 Å². The number of nitrogens with one attached hydrogen (secondary N) is 1. The van der Waals surface area contributed by atoms with E-state index in [9.17, 15) is 4.79 Å². The molecule has 0 saturated carbocycles. The van der Waals surface area contributed by atoms with E-state index in [1.54, 1.807) is 0 Å². The van der Waals surface area contributed by atoms with E-state index in [1.165, 1.54) is 0 Å². The summed E-state index contributed by atoms with van der Waals surface area (Å²) in [7, 11) is 0. The van der Waals surface area contributed by atoms with Crippen molar-refractivity contribution in [1.82, 2.24) is 10.2 Å². The molecule has 3 nitrogen and oxygen atoms in total. The molecule has 2 saturated heterocycles. The van der Waals surface area contributed by atoms with Crippen molar-refractivity contribution in [1.29, 1.82) is 0 Å². The van der Waals surface area contributed by atoms with Crippen LogP contribution < -0.4 is 5.32 Å². The number of fused-ring (bicyclic) bond motifs is 1. The lowest BCUT2D eigenvalue weighted by Gasteiger charge is -2.28. The van der Waals surface area contributed by atoms with Gasteiger partial charge in [0.2, 0.25) is 0 Å². The van der Waals surface area contributed by atoms with E-state index in [-0.39, 0.29) is 11.3 Å². The molecule has 0 bridgehead atoms. The number of carbonyl (C=O) groups is 1. The van der Waals surface area contributed by atoms with Gasteiger partial charge in [-0.2, -0.15) is 0 Å². The highest BCUT2D eigenvalue weighted by molar-refractivity contribution is 5.96. The Labute approximate surface area is 127 Å². The summed E-state index contributed by atoms with van der Waals surface area (Å²) in [5.74, 6) is 1.46. The van der Waals surface area contributed by atoms with Gasteiger partial charge in [0.15, 0.2) is 0 Å². The molecule has 21 heavy (non-hydrogen) atoms. The Bertz CT molecular complexity index is 546. The summed E-state index contributed by atoms with van der Waals surface area (Å²) in [4.78, 5) is 15.2. The van der Waals surface area contributed by atoms with Gasteiger partial charge in [0, 0.05) is 31.2 Å². The summed E-state index contributed by atoms with van der Waals surface area (Å²) < 4.78 is 0. The molecule has 0 aromatic heterocycles. The third kappa shape index (κ3) is 2.48. The monoisotopic (exact) mass is 286 g/mol. The molecular formula is C18H26N2O. The van der Waals surface area contributed by atoms with Crippen molar-refractivity contribution >= 4 is 5.91 Å². The van der Waals surface area contributed by atoms with Gasteiger partial charge in [0.1, 0.15) is 0 Å². The van der Waals surface area contributed by atoms with Gasteiger partial charge in [-0.3, -0.25) is 4.79 Å². The second-order valence-electron chi connectivity index (χ2n) is 7.58. The van der Waals surface area contributed by atoms with Crippen LogP contribution in [-0.2, 0) is 5.41 Å². The Kier molecular flexibility index (Phi) is 3.56. The first-order chi connectivity index (χ1) is 9.89. The van der Waals surface area contributed by atoms with Gasteiger partial charge < -0.3 is 10.2 Å². The predicted octanol–water partition coefficient (Wildman–Crippen LogP) is 2.66. The fourth-order valence-corrected chi connectivity index (χ4v) is 3.91. The maximum Gasteiger partial charge on any atom is 0.254 e. The zero-order valence-corrected chi connectivity index (χ0v) is 13.5. The van der Waals surface area contributed by atoms with Crippen LogP contribution in [0.1, 0.15) is 43.6 Å². The lowest BCUT2D eigenvalue weighted by atomic mass is 9.83. The smallest absolute Gasteiger partial charge is 0.254 e. The molecular weight excluding hydrogens is 260 g/mol. The Hall–Kier alpha value is -1.35. The Morgan fingerprint density at radius 3 is 2.62 bits per heavy atom. The molecule has 3 rings (SSSR count). The standard InChI is InChI=1S/C18H26N2O/c1-12-15-10-19-9-13(15)11-20(12)17(21)14-7-5-6-8-16(14)18(2,3)4/h5-8,12-13,15,19H,9-11H2,1-4H3. The van der Waals surface area contributed by atoms with Gasteiger partial charge in [-0.25, -0.2) is 0 Å². The minimum atomic E-state index is -0.00730. The number of rotatable bonds is 1. The van der Waals surface area contributed by atoms with Crippen LogP contribution in [0.4, 0.5) is 0 Å². The van der Waals surface area contributed by atoms with Gasteiger partial charge in [-0.15, -0.1) is 0 Å². The number of nitrogens with zero attached hydrogens (tertiary/aromatic N) is 1. The lowest BCUT2D eigenvalue weighted by Crippen LogP contribution is -2.39. The summed E-state index contributed by atoms with van der Waals surface area (Å²) >= 11 is 0. The van der Waals surface area contributed by atoms with Crippen molar-refractivity contribution in [2.75, 3.05) is 19.6 Å². The number of hydrogen-bond acceptors (Lipinski definition) is 2. The normalized spacial score (nSPS) is 28.8. The van der Waals surface area contributed by atoms with E-state index in [0.717, 1.165) is 30.8 Å². The summed E-state index contributed by atoms with van der Waals surface area (Å²) in [5, 5.41) is 3.45. The van der Waals surface area contributed by atoms with E-state index in [1.807, 2.05) is 18.2 Å². The molecule has 2 aliphatic heterocycles. The van der Waals surface area contributed by atoms with Crippen LogP contribution in [0.15, 0.2) is 24.3 Å². The van der Waals surface area contributed by atoms with E-state index < -0.39 is 0 Å². The molecule has 0 aliphatic carbocycles. The van der Waals surface area contributed by atoms with Gasteiger partial charge in [0.25, 0.3) is 5.91 Å². The molecule has 3 unspecified atom stereocenters. The first-order valence-electron chi connectivity index (χ1n) is 8.01. The zero-order chi connectivity index (χ0) is 15.2. The predicted molar refractivity (Wildman–Crippen MR) is 85.5 cm³/mol. The summed E-state index contributed by atoms with van der Waals surface area (Å²) in [5.41, 5.74) is 2.02. The molecule has 0 spiro atoms. The number of amides is 1. The molecule has 1 N–H and O–H groups in total. The van der Waals surface area contributed by atoms with Crippen molar-refractivity contribution < 1.29 is 4.79 Å². The highest BCUT2D eigenvalue weighted by atomic mass is 16.2. The van der Waals surface area contributed by atoms with Crippen LogP contribution >= 0.6 is 0 Å². The van der Waals surface area contributed by atoms with Crippen molar-refractivity contribution in [2.45, 2.75) is 39.2 Å². The first-order valence-corrected chi connectivity index (χ1v) is 8.01. The van der Waals surface area contributed by atoms with Crippen molar-refractivity contribution in [3.63, 3.8) is 0 Å². The summed E-state index contributed by atoms with van der Waals surface area (Å²) in [6.07, 6.45) is 0. The molecule has 2 fully saturated rings. The maximum absolute atomic E-state index is 13.1. The molecule has 0 radical (unpaired) electrons. The largest absolute Gasteiger partial charge is 0.335 e. The topological polar surface area (TPSA) is 32.3 Å². The second-order valence-corrected chi connectivity index (χ2v) is 7.58. The Morgan fingerprint density at radius 1 is 1.24 bits per heavy atom. The van der Waals surface area contributed by atoms with Crippen LogP contribution in [0.5, 0.6) is 0 Å². The van der Waals surface area contributed by atoms with Gasteiger partial charge in [-0.05, 0) is 35.8 Å². The van der Waals surface area contributed by atoms with Gasteiger partial charge >= 0.3 is 0 Å². The zero-order valence-electron chi connectivity index (χ0n) is 13.5. The van der Waals surface area contributed by atoms with Crippen LogP contribution in [-0.4, -0.2) is 36.5 Å². The van der Waals surface area contributed by atoms with E-state index in [4.69, 9.17) is 0 Å². The van der Waals surface area contributed by atoms with E-state index in [0.29, 0.717) is 17.9 Å². The maximum atomic E-state index is 13.1. The average molecular weight is 286 g/mol. The number of benzene rings is 1. The quantitative estimate of drug-likeness (QED) is 0.861. The molecule has 114 valence electrons. The molecule has 3 heteroatoms. The van der Waals surface area contributed by atoms with Crippen molar-refractivity contribution in [3.05, 3.63) is 35.4 Å². The Morgan fingerprint density at radius 2 is 1.95 bits per heavy atom. The van der Waals surface area contributed by atoms with Crippen LogP contribution in [0, 0.1) is 11.8 Å². The van der Waals surface area contributed by atoms with E-state index >= 15 is 0 Å².